The number of ether oxygens (including phenoxy) is 2. The molecule has 1 fully saturated rings. The summed E-state index contributed by atoms with van der Waals surface area (Å²) in [5.74, 6) is -0.0951. The summed E-state index contributed by atoms with van der Waals surface area (Å²) in [6.45, 7) is 3.06. The van der Waals surface area contributed by atoms with E-state index in [1.165, 1.54) is 12.1 Å². The molecule has 0 radical (unpaired) electrons. The van der Waals surface area contributed by atoms with Crippen LogP contribution in [0.3, 0.4) is 0 Å². The van der Waals surface area contributed by atoms with Crippen molar-refractivity contribution >= 4 is 5.91 Å². The van der Waals surface area contributed by atoms with Crippen LogP contribution in [-0.2, 0) is 20.9 Å². The van der Waals surface area contributed by atoms with Gasteiger partial charge < -0.3 is 14.4 Å². The van der Waals surface area contributed by atoms with E-state index in [4.69, 9.17) is 9.47 Å². The normalized spacial score (nSPS) is 15.5. The maximum absolute atomic E-state index is 13.3. The molecule has 0 saturated carbocycles. The summed E-state index contributed by atoms with van der Waals surface area (Å²) in [7, 11) is 0. The fourth-order valence-electron chi connectivity index (χ4n) is 3.20. The Morgan fingerprint density at radius 1 is 1.07 bits per heavy atom. The molecule has 0 aromatic heterocycles. The van der Waals surface area contributed by atoms with Crippen molar-refractivity contribution in [2.45, 2.75) is 32.0 Å². The molecule has 0 bridgehead atoms. The first-order chi connectivity index (χ1) is 13.2. The van der Waals surface area contributed by atoms with Crippen LogP contribution in [0.1, 0.15) is 36.5 Å². The predicted octanol–water partition coefficient (Wildman–Crippen LogP) is 4.11. The predicted molar refractivity (Wildman–Crippen MR) is 102 cm³/mol. The zero-order valence-electron chi connectivity index (χ0n) is 15.5. The van der Waals surface area contributed by atoms with Gasteiger partial charge in [0.15, 0.2) is 0 Å². The first-order valence-electron chi connectivity index (χ1n) is 9.49. The van der Waals surface area contributed by atoms with E-state index in [-0.39, 0.29) is 17.8 Å². The van der Waals surface area contributed by atoms with Gasteiger partial charge in [-0.3, -0.25) is 4.79 Å². The molecule has 1 atom stereocenters. The van der Waals surface area contributed by atoms with Crippen molar-refractivity contribution < 1.29 is 18.7 Å². The van der Waals surface area contributed by atoms with E-state index >= 15 is 0 Å². The Morgan fingerprint density at radius 3 is 2.48 bits per heavy atom. The Morgan fingerprint density at radius 2 is 1.78 bits per heavy atom. The zero-order chi connectivity index (χ0) is 18.9. The van der Waals surface area contributed by atoms with E-state index in [9.17, 15) is 9.18 Å². The number of hydrogen-bond donors (Lipinski definition) is 0. The Labute approximate surface area is 159 Å². The third kappa shape index (κ3) is 6.15. The molecule has 3 rings (SSSR count). The Hall–Kier alpha value is -2.24. The lowest BCUT2D eigenvalue weighted by Gasteiger charge is -2.27. The third-order valence-corrected chi connectivity index (χ3v) is 4.76. The largest absolute Gasteiger partial charge is 0.378 e. The van der Waals surface area contributed by atoms with Gasteiger partial charge in [0, 0.05) is 19.5 Å². The molecule has 27 heavy (non-hydrogen) atoms. The molecule has 1 aliphatic rings. The topological polar surface area (TPSA) is 38.8 Å². The number of morpholine rings is 1. The van der Waals surface area contributed by atoms with Gasteiger partial charge in [-0.05, 0) is 36.1 Å². The third-order valence-electron chi connectivity index (χ3n) is 4.76. The molecule has 2 aromatic rings. The van der Waals surface area contributed by atoms with Gasteiger partial charge in [-0.2, -0.15) is 0 Å². The van der Waals surface area contributed by atoms with Gasteiger partial charge in [0.1, 0.15) is 5.82 Å². The van der Waals surface area contributed by atoms with E-state index in [0.717, 1.165) is 17.5 Å². The second-order valence-electron chi connectivity index (χ2n) is 6.72. The highest BCUT2D eigenvalue weighted by Crippen LogP contribution is 2.25. The lowest BCUT2D eigenvalue weighted by Crippen LogP contribution is -2.40. The van der Waals surface area contributed by atoms with Crippen LogP contribution in [0.2, 0.25) is 0 Å². The lowest BCUT2D eigenvalue weighted by molar-refractivity contribution is -0.135. The fraction of sp³-hybridized carbons (Fsp3) is 0.409. The van der Waals surface area contributed by atoms with Gasteiger partial charge in [-0.15, -0.1) is 0 Å². The quantitative estimate of drug-likeness (QED) is 0.701. The molecule has 1 heterocycles. The summed E-state index contributed by atoms with van der Waals surface area (Å²) in [5.41, 5.74) is 2.03. The zero-order valence-corrected chi connectivity index (χ0v) is 15.5. The molecule has 144 valence electrons. The van der Waals surface area contributed by atoms with Gasteiger partial charge in [0.25, 0.3) is 0 Å². The van der Waals surface area contributed by atoms with E-state index in [2.05, 4.69) is 0 Å². The van der Waals surface area contributed by atoms with Crippen molar-refractivity contribution in [3.8, 4) is 0 Å². The molecule has 2 aromatic carbocycles. The van der Waals surface area contributed by atoms with Crippen LogP contribution in [-0.4, -0.2) is 37.1 Å². The van der Waals surface area contributed by atoms with Gasteiger partial charge in [-0.25, -0.2) is 4.39 Å². The maximum atomic E-state index is 13.3. The van der Waals surface area contributed by atoms with Crippen molar-refractivity contribution in [1.82, 2.24) is 4.90 Å². The van der Waals surface area contributed by atoms with Crippen LogP contribution < -0.4 is 0 Å². The number of nitrogens with zero attached hydrogens (tertiary/aromatic N) is 1. The molecular formula is C22H26FNO3. The summed E-state index contributed by atoms with van der Waals surface area (Å²) in [6, 6.07) is 16.4. The molecule has 1 unspecified atom stereocenters. The maximum Gasteiger partial charge on any atom is 0.222 e. The van der Waals surface area contributed by atoms with Crippen molar-refractivity contribution in [3.63, 3.8) is 0 Å². The first kappa shape index (κ1) is 19.5. The minimum absolute atomic E-state index is 0.164. The highest BCUT2D eigenvalue weighted by atomic mass is 19.1. The molecule has 0 spiro atoms. The minimum atomic E-state index is -0.261. The number of hydrogen-bond acceptors (Lipinski definition) is 3. The number of benzene rings is 2. The van der Waals surface area contributed by atoms with E-state index in [0.29, 0.717) is 45.8 Å². The van der Waals surface area contributed by atoms with Crippen molar-refractivity contribution in [3.05, 3.63) is 71.5 Å². The van der Waals surface area contributed by atoms with Crippen molar-refractivity contribution in [2.24, 2.45) is 0 Å². The Bertz CT molecular complexity index is 699. The second kappa shape index (κ2) is 10.2. The molecule has 5 heteroatoms. The van der Waals surface area contributed by atoms with Gasteiger partial charge in [0.05, 0.1) is 25.9 Å². The molecular weight excluding hydrogens is 345 g/mol. The summed E-state index contributed by atoms with van der Waals surface area (Å²) in [4.78, 5) is 14.2. The number of amides is 1. The molecule has 1 saturated heterocycles. The van der Waals surface area contributed by atoms with Gasteiger partial charge in [0.2, 0.25) is 5.91 Å². The van der Waals surface area contributed by atoms with Crippen LogP contribution in [0.15, 0.2) is 54.6 Å². The average molecular weight is 371 g/mol. The number of rotatable bonds is 8. The van der Waals surface area contributed by atoms with E-state index in [1.807, 2.05) is 35.2 Å². The molecule has 1 aliphatic heterocycles. The van der Waals surface area contributed by atoms with Crippen LogP contribution >= 0.6 is 0 Å². The summed E-state index contributed by atoms with van der Waals surface area (Å²) in [6.07, 6.45) is 1.77. The monoisotopic (exact) mass is 371 g/mol. The standard InChI is InChI=1S/C22H26FNO3/c23-20-11-9-19(10-12-20)21(27-17-18-5-2-1-3-6-18)7-4-8-22(25)24-13-15-26-16-14-24/h1-3,5-6,9-12,21H,4,7-8,13-17H2. The summed E-state index contributed by atoms with van der Waals surface area (Å²) < 4.78 is 24.7. The second-order valence-corrected chi connectivity index (χ2v) is 6.72. The number of carbonyl (C=O) groups excluding carboxylic acids is 1. The highest BCUT2D eigenvalue weighted by molar-refractivity contribution is 5.76. The van der Waals surface area contributed by atoms with Crippen LogP contribution in [0.25, 0.3) is 0 Å². The highest BCUT2D eigenvalue weighted by Gasteiger charge is 2.18. The van der Waals surface area contributed by atoms with Crippen LogP contribution in [0.4, 0.5) is 4.39 Å². The Kier molecular flexibility index (Phi) is 7.36. The molecule has 0 aliphatic carbocycles. The van der Waals surface area contributed by atoms with E-state index < -0.39 is 0 Å². The lowest BCUT2D eigenvalue weighted by atomic mass is 10.0. The van der Waals surface area contributed by atoms with Crippen LogP contribution in [0.5, 0.6) is 0 Å². The van der Waals surface area contributed by atoms with Gasteiger partial charge >= 0.3 is 0 Å². The summed E-state index contributed by atoms with van der Waals surface area (Å²) >= 11 is 0. The van der Waals surface area contributed by atoms with E-state index in [1.54, 1.807) is 12.1 Å². The number of carbonyl (C=O) groups is 1. The van der Waals surface area contributed by atoms with Crippen LogP contribution in [0, 0.1) is 5.82 Å². The molecule has 1 amide bonds. The van der Waals surface area contributed by atoms with Crippen molar-refractivity contribution in [1.29, 1.82) is 0 Å². The summed E-state index contributed by atoms with van der Waals surface area (Å²) in [5, 5.41) is 0. The Balaban J connectivity index is 1.55. The number of halogens is 1. The fourth-order valence-corrected chi connectivity index (χ4v) is 3.20. The SMILES string of the molecule is O=C(CCCC(OCc1ccccc1)c1ccc(F)cc1)N1CCOCC1. The molecule has 4 nitrogen and oxygen atoms in total. The average Bonchev–Trinajstić information content (AvgIpc) is 2.72. The van der Waals surface area contributed by atoms with Gasteiger partial charge in [-0.1, -0.05) is 42.5 Å². The minimum Gasteiger partial charge on any atom is -0.378 e. The van der Waals surface area contributed by atoms with Crippen molar-refractivity contribution in [2.75, 3.05) is 26.3 Å². The first-order valence-corrected chi connectivity index (χ1v) is 9.49. The molecule has 0 N–H and O–H groups in total. The smallest absolute Gasteiger partial charge is 0.222 e.